The van der Waals surface area contributed by atoms with E-state index < -0.39 is 5.97 Å². The molecular formula is C16H17NO3. The standard InChI is InChI=1S/C8H9NO2.C8H8O/c10-8(11)6-9-7-4-2-1-3-5-7;1-7(9)8-5-3-2-4-6-8/h1-5,9H,6H2,(H,10,11);2-6H,1H3. The summed E-state index contributed by atoms with van der Waals surface area (Å²) in [5.41, 5.74) is 1.60. The summed E-state index contributed by atoms with van der Waals surface area (Å²) in [6, 6.07) is 18.5. The highest BCUT2D eigenvalue weighted by Crippen LogP contribution is 2.03. The van der Waals surface area contributed by atoms with Crippen LogP contribution in [0.1, 0.15) is 17.3 Å². The minimum absolute atomic E-state index is 0.0377. The molecule has 4 heteroatoms. The Balaban J connectivity index is 0.000000204. The average molecular weight is 271 g/mol. The van der Waals surface area contributed by atoms with E-state index in [9.17, 15) is 9.59 Å². The van der Waals surface area contributed by atoms with Gasteiger partial charge in [0.05, 0.1) is 0 Å². The molecule has 0 fully saturated rings. The van der Waals surface area contributed by atoms with E-state index in [-0.39, 0.29) is 12.3 Å². The summed E-state index contributed by atoms with van der Waals surface area (Å²) in [7, 11) is 0. The summed E-state index contributed by atoms with van der Waals surface area (Å²) in [5.74, 6) is -0.732. The van der Waals surface area contributed by atoms with Crippen LogP contribution in [0.15, 0.2) is 60.7 Å². The van der Waals surface area contributed by atoms with Crippen LogP contribution in [-0.2, 0) is 4.79 Å². The Morgan fingerprint density at radius 2 is 1.45 bits per heavy atom. The van der Waals surface area contributed by atoms with E-state index in [1.807, 2.05) is 60.7 Å². The van der Waals surface area contributed by atoms with Gasteiger partial charge < -0.3 is 10.4 Å². The normalized spacial score (nSPS) is 9.05. The third kappa shape index (κ3) is 6.35. The first-order valence-electron chi connectivity index (χ1n) is 6.16. The minimum atomic E-state index is -0.853. The number of aliphatic carboxylic acids is 1. The molecule has 2 rings (SSSR count). The Kier molecular flexibility index (Phi) is 6.54. The molecule has 20 heavy (non-hydrogen) atoms. The number of nitrogens with one attached hydrogen (secondary N) is 1. The van der Waals surface area contributed by atoms with E-state index in [0.29, 0.717) is 0 Å². The molecule has 0 atom stereocenters. The number of carbonyl (C=O) groups is 2. The largest absolute Gasteiger partial charge is 0.480 e. The van der Waals surface area contributed by atoms with E-state index in [2.05, 4.69) is 5.32 Å². The number of hydrogen-bond acceptors (Lipinski definition) is 3. The fraction of sp³-hybridized carbons (Fsp3) is 0.125. The molecule has 2 aromatic rings. The summed E-state index contributed by atoms with van der Waals surface area (Å²) in [5, 5.41) is 11.1. The zero-order valence-corrected chi connectivity index (χ0v) is 11.2. The zero-order chi connectivity index (χ0) is 14.8. The fourth-order valence-corrected chi connectivity index (χ4v) is 1.41. The van der Waals surface area contributed by atoms with Crippen LogP contribution in [-0.4, -0.2) is 23.4 Å². The second-order valence-corrected chi connectivity index (χ2v) is 4.04. The Morgan fingerprint density at radius 1 is 0.950 bits per heavy atom. The lowest BCUT2D eigenvalue weighted by atomic mass is 10.2. The predicted octanol–water partition coefficient (Wildman–Crippen LogP) is 3.07. The van der Waals surface area contributed by atoms with Gasteiger partial charge >= 0.3 is 5.97 Å². The van der Waals surface area contributed by atoms with Gasteiger partial charge in [-0.1, -0.05) is 48.5 Å². The van der Waals surface area contributed by atoms with Gasteiger partial charge in [-0.05, 0) is 19.1 Å². The van der Waals surface area contributed by atoms with Gasteiger partial charge in [-0.25, -0.2) is 0 Å². The molecule has 4 nitrogen and oxygen atoms in total. The molecule has 0 unspecified atom stereocenters. The van der Waals surface area contributed by atoms with Gasteiger partial charge in [-0.2, -0.15) is 0 Å². The van der Waals surface area contributed by atoms with Crippen molar-refractivity contribution in [3.8, 4) is 0 Å². The number of carboxylic acid groups (broad SMARTS) is 1. The summed E-state index contributed by atoms with van der Waals surface area (Å²) in [6.45, 7) is 1.53. The molecule has 0 amide bonds. The maximum absolute atomic E-state index is 10.6. The van der Waals surface area contributed by atoms with Gasteiger partial charge in [0.15, 0.2) is 5.78 Å². The first-order chi connectivity index (χ1) is 9.59. The lowest BCUT2D eigenvalue weighted by Crippen LogP contribution is -2.11. The maximum Gasteiger partial charge on any atom is 0.322 e. The molecule has 0 aliphatic rings. The van der Waals surface area contributed by atoms with Gasteiger partial charge in [0.2, 0.25) is 0 Å². The second kappa shape index (κ2) is 8.48. The molecule has 0 saturated heterocycles. The lowest BCUT2D eigenvalue weighted by molar-refractivity contribution is -0.134. The molecule has 0 aliphatic heterocycles. The number of rotatable bonds is 4. The number of Topliss-reactive ketones (excluding diaryl/α,β-unsaturated/α-hetero) is 1. The van der Waals surface area contributed by atoms with Crippen molar-refractivity contribution in [1.82, 2.24) is 0 Å². The molecule has 104 valence electrons. The summed E-state index contributed by atoms with van der Waals surface area (Å²) in [4.78, 5) is 20.8. The first-order valence-corrected chi connectivity index (χ1v) is 6.16. The zero-order valence-electron chi connectivity index (χ0n) is 11.2. The van der Waals surface area contributed by atoms with Crippen LogP contribution in [0.3, 0.4) is 0 Å². The Bertz CT molecular complexity index is 538. The van der Waals surface area contributed by atoms with Crippen molar-refractivity contribution in [3.63, 3.8) is 0 Å². The number of hydrogen-bond donors (Lipinski definition) is 2. The third-order valence-corrected chi connectivity index (χ3v) is 2.40. The molecule has 2 aromatic carbocycles. The van der Waals surface area contributed by atoms with Crippen LogP contribution in [0.25, 0.3) is 0 Å². The van der Waals surface area contributed by atoms with Crippen molar-refractivity contribution in [1.29, 1.82) is 0 Å². The van der Waals surface area contributed by atoms with Crippen molar-refractivity contribution in [2.45, 2.75) is 6.92 Å². The number of para-hydroxylation sites is 1. The van der Waals surface area contributed by atoms with Crippen molar-refractivity contribution < 1.29 is 14.7 Å². The summed E-state index contributed by atoms with van der Waals surface area (Å²) < 4.78 is 0. The van der Waals surface area contributed by atoms with Gasteiger partial charge in [-0.3, -0.25) is 9.59 Å². The highest BCUT2D eigenvalue weighted by Gasteiger charge is 1.94. The first kappa shape index (κ1) is 15.4. The SMILES string of the molecule is CC(=O)c1ccccc1.O=C(O)CNc1ccccc1. The molecule has 0 bridgehead atoms. The molecule has 0 spiro atoms. The summed E-state index contributed by atoms with van der Waals surface area (Å²) >= 11 is 0. The predicted molar refractivity (Wildman–Crippen MR) is 79.0 cm³/mol. The number of anilines is 1. The van der Waals surface area contributed by atoms with Crippen molar-refractivity contribution in [2.24, 2.45) is 0 Å². The van der Waals surface area contributed by atoms with E-state index in [0.717, 1.165) is 11.3 Å². The lowest BCUT2D eigenvalue weighted by Gasteiger charge is -2.00. The van der Waals surface area contributed by atoms with Gasteiger partial charge in [0.25, 0.3) is 0 Å². The van der Waals surface area contributed by atoms with Crippen LogP contribution in [0.2, 0.25) is 0 Å². The van der Waals surface area contributed by atoms with Gasteiger partial charge in [0, 0.05) is 11.3 Å². The Hall–Kier alpha value is -2.62. The van der Waals surface area contributed by atoms with E-state index in [1.54, 1.807) is 6.92 Å². The van der Waals surface area contributed by atoms with Gasteiger partial charge in [-0.15, -0.1) is 0 Å². The molecule has 2 N–H and O–H groups in total. The molecule has 0 saturated carbocycles. The third-order valence-electron chi connectivity index (χ3n) is 2.40. The highest BCUT2D eigenvalue weighted by molar-refractivity contribution is 5.93. The highest BCUT2D eigenvalue weighted by atomic mass is 16.4. The van der Waals surface area contributed by atoms with Crippen LogP contribution in [0.5, 0.6) is 0 Å². The Morgan fingerprint density at radius 3 is 1.85 bits per heavy atom. The number of carboxylic acids is 1. The number of benzene rings is 2. The number of carbonyl (C=O) groups excluding carboxylic acids is 1. The van der Waals surface area contributed by atoms with E-state index in [4.69, 9.17) is 5.11 Å². The average Bonchev–Trinajstić information content (AvgIpc) is 2.48. The minimum Gasteiger partial charge on any atom is -0.480 e. The fourth-order valence-electron chi connectivity index (χ4n) is 1.41. The van der Waals surface area contributed by atoms with Crippen LogP contribution in [0, 0.1) is 0 Å². The van der Waals surface area contributed by atoms with Crippen molar-refractivity contribution >= 4 is 17.4 Å². The maximum atomic E-state index is 10.6. The molecule has 0 aromatic heterocycles. The van der Waals surface area contributed by atoms with Gasteiger partial charge in [0.1, 0.15) is 6.54 Å². The van der Waals surface area contributed by atoms with Crippen LogP contribution >= 0.6 is 0 Å². The monoisotopic (exact) mass is 271 g/mol. The molecule has 0 radical (unpaired) electrons. The quantitative estimate of drug-likeness (QED) is 0.839. The summed E-state index contributed by atoms with van der Waals surface area (Å²) in [6.07, 6.45) is 0. The van der Waals surface area contributed by atoms with Crippen LogP contribution < -0.4 is 5.32 Å². The smallest absolute Gasteiger partial charge is 0.322 e. The Labute approximate surface area is 118 Å². The van der Waals surface area contributed by atoms with Crippen LogP contribution in [0.4, 0.5) is 5.69 Å². The molecular weight excluding hydrogens is 254 g/mol. The topological polar surface area (TPSA) is 66.4 Å². The van der Waals surface area contributed by atoms with Crippen molar-refractivity contribution in [3.05, 3.63) is 66.2 Å². The molecule has 0 aliphatic carbocycles. The van der Waals surface area contributed by atoms with E-state index >= 15 is 0 Å². The number of ketones is 1. The van der Waals surface area contributed by atoms with Crippen molar-refractivity contribution in [2.75, 3.05) is 11.9 Å². The van der Waals surface area contributed by atoms with E-state index in [1.165, 1.54) is 0 Å². The molecule has 0 heterocycles. The second-order valence-electron chi connectivity index (χ2n) is 4.04.